The van der Waals surface area contributed by atoms with Crippen molar-refractivity contribution in [3.05, 3.63) is 17.7 Å². The molecule has 0 bridgehead atoms. The molecule has 0 radical (unpaired) electrons. The van der Waals surface area contributed by atoms with Gasteiger partial charge in [0.25, 0.3) is 0 Å². The molecule has 0 aliphatic rings. The zero-order valence-corrected chi connectivity index (χ0v) is 6.79. The van der Waals surface area contributed by atoms with Crippen LogP contribution in [0, 0.1) is 0 Å². The predicted molar refractivity (Wildman–Crippen MR) is 41.9 cm³/mol. The highest BCUT2D eigenvalue weighted by Gasteiger charge is 2.03. The molecule has 1 rings (SSSR count). The molecule has 0 amide bonds. The first-order valence-corrected chi connectivity index (χ1v) is 3.52. The van der Waals surface area contributed by atoms with Gasteiger partial charge in [-0.3, -0.25) is 0 Å². The van der Waals surface area contributed by atoms with Crippen molar-refractivity contribution in [3.63, 3.8) is 0 Å². The average molecular weight is 155 g/mol. The Balaban J connectivity index is 2.66. The number of nitrogens with one attached hydrogen (secondary N) is 1. The van der Waals surface area contributed by atoms with Gasteiger partial charge in [-0.15, -0.1) is 0 Å². The lowest BCUT2D eigenvalue weighted by Gasteiger charge is -1.98. The number of H-pyrrole nitrogens is 1. The topological polar surface area (TPSA) is 63.9 Å². The van der Waals surface area contributed by atoms with Crippen molar-refractivity contribution in [1.82, 2.24) is 9.97 Å². The van der Waals surface area contributed by atoms with Crippen LogP contribution in [0.2, 0.25) is 0 Å². The van der Waals surface area contributed by atoms with E-state index in [4.69, 9.17) is 10.5 Å². The Labute approximate surface area is 65.8 Å². The van der Waals surface area contributed by atoms with Gasteiger partial charge in [-0.25, -0.2) is 4.98 Å². The van der Waals surface area contributed by atoms with Gasteiger partial charge in [0.2, 0.25) is 0 Å². The van der Waals surface area contributed by atoms with E-state index in [9.17, 15) is 0 Å². The molecule has 1 atom stereocenters. The summed E-state index contributed by atoms with van der Waals surface area (Å²) in [7, 11) is 1.65. The third-order valence-corrected chi connectivity index (χ3v) is 1.38. The van der Waals surface area contributed by atoms with Gasteiger partial charge in [0, 0.05) is 7.11 Å². The van der Waals surface area contributed by atoms with Crippen LogP contribution in [0.1, 0.15) is 24.5 Å². The molecule has 11 heavy (non-hydrogen) atoms. The number of methoxy groups -OCH3 is 1. The van der Waals surface area contributed by atoms with Gasteiger partial charge < -0.3 is 15.5 Å². The summed E-state index contributed by atoms with van der Waals surface area (Å²) >= 11 is 0. The van der Waals surface area contributed by atoms with E-state index < -0.39 is 0 Å². The fourth-order valence-electron chi connectivity index (χ4n) is 0.837. The molecule has 4 heteroatoms. The van der Waals surface area contributed by atoms with Crippen molar-refractivity contribution in [2.75, 3.05) is 7.11 Å². The maximum absolute atomic E-state index is 5.59. The molecule has 0 saturated heterocycles. The number of hydrogen-bond donors (Lipinski definition) is 2. The Bertz CT molecular complexity index is 219. The standard InChI is InChI=1S/C7H13N3O/c1-5(8)7-9-3-6(10-7)4-11-2/h3,5H,4,8H2,1-2H3,(H,9,10)/t5-/m0/s1. The summed E-state index contributed by atoms with van der Waals surface area (Å²) in [6.07, 6.45) is 1.74. The fraction of sp³-hybridized carbons (Fsp3) is 0.571. The molecule has 0 aliphatic carbocycles. The first kappa shape index (κ1) is 8.23. The summed E-state index contributed by atoms with van der Waals surface area (Å²) in [6, 6.07) is -0.0411. The average Bonchev–Trinajstić information content (AvgIpc) is 2.37. The SMILES string of the molecule is COCc1cnc([C@H](C)N)[nH]1. The third kappa shape index (κ3) is 2.03. The molecule has 1 aromatic rings. The van der Waals surface area contributed by atoms with Crippen LogP contribution >= 0.6 is 0 Å². The van der Waals surface area contributed by atoms with Gasteiger partial charge in [-0.2, -0.15) is 0 Å². The van der Waals surface area contributed by atoms with Crippen molar-refractivity contribution in [3.8, 4) is 0 Å². The Morgan fingerprint density at radius 2 is 2.55 bits per heavy atom. The van der Waals surface area contributed by atoms with Gasteiger partial charge in [-0.1, -0.05) is 0 Å². The van der Waals surface area contributed by atoms with Crippen molar-refractivity contribution in [2.24, 2.45) is 5.73 Å². The number of aromatic nitrogens is 2. The van der Waals surface area contributed by atoms with Gasteiger partial charge >= 0.3 is 0 Å². The van der Waals surface area contributed by atoms with E-state index in [-0.39, 0.29) is 6.04 Å². The molecule has 1 heterocycles. The molecule has 1 aromatic heterocycles. The minimum absolute atomic E-state index is 0.0411. The van der Waals surface area contributed by atoms with Crippen LogP contribution in [0.25, 0.3) is 0 Å². The lowest BCUT2D eigenvalue weighted by Crippen LogP contribution is -2.06. The van der Waals surface area contributed by atoms with E-state index in [2.05, 4.69) is 9.97 Å². The summed E-state index contributed by atoms with van der Waals surface area (Å²) in [5.41, 5.74) is 6.55. The quantitative estimate of drug-likeness (QED) is 0.671. The number of rotatable bonds is 3. The molecule has 0 aromatic carbocycles. The third-order valence-electron chi connectivity index (χ3n) is 1.38. The lowest BCUT2D eigenvalue weighted by atomic mass is 10.3. The zero-order valence-electron chi connectivity index (χ0n) is 6.79. The van der Waals surface area contributed by atoms with Crippen molar-refractivity contribution in [2.45, 2.75) is 19.6 Å². The van der Waals surface area contributed by atoms with Crippen molar-refractivity contribution < 1.29 is 4.74 Å². The molecular formula is C7H13N3O. The Kier molecular flexibility index (Phi) is 2.62. The van der Waals surface area contributed by atoms with Crippen LogP contribution < -0.4 is 5.73 Å². The summed E-state index contributed by atoms with van der Waals surface area (Å²) in [5.74, 6) is 0.803. The Morgan fingerprint density at radius 3 is 3.00 bits per heavy atom. The number of nitrogens with zero attached hydrogens (tertiary/aromatic N) is 1. The molecule has 62 valence electrons. The van der Waals surface area contributed by atoms with Gasteiger partial charge in [0.15, 0.2) is 0 Å². The number of aromatic amines is 1. The number of hydrogen-bond acceptors (Lipinski definition) is 3. The summed E-state index contributed by atoms with van der Waals surface area (Å²) in [5, 5.41) is 0. The normalized spacial score (nSPS) is 13.4. The molecule has 3 N–H and O–H groups in total. The molecule has 0 unspecified atom stereocenters. The molecule has 0 saturated carbocycles. The predicted octanol–water partition coefficient (Wildman–Crippen LogP) is 0.576. The van der Waals surface area contributed by atoms with Crippen LogP contribution in [-0.4, -0.2) is 17.1 Å². The van der Waals surface area contributed by atoms with E-state index in [1.54, 1.807) is 13.3 Å². The van der Waals surface area contributed by atoms with E-state index in [0.29, 0.717) is 6.61 Å². The Hall–Kier alpha value is -0.870. The van der Waals surface area contributed by atoms with Crippen LogP contribution in [0.15, 0.2) is 6.20 Å². The molecule has 0 spiro atoms. The molecule has 0 aliphatic heterocycles. The van der Waals surface area contributed by atoms with Crippen LogP contribution in [0.5, 0.6) is 0 Å². The highest BCUT2D eigenvalue weighted by Crippen LogP contribution is 2.04. The molecule has 0 fully saturated rings. The first-order valence-electron chi connectivity index (χ1n) is 3.52. The zero-order chi connectivity index (χ0) is 8.27. The number of imidazole rings is 1. The second-order valence-corrected chi connectivity index (χ2v) is 2.52. The fourth-order valence-corrected chi connectivity index (χ4v) is 0.837. The van der Waals surface area contributed by atoms with E-state index in [1.165, 1.54) is 0 Å². The van der Waals surface area contributed by atoms with E-state index >= 15 is 0 Å². The van der Waals surface area contributed by atoms with Crippen LogP contribution in [-0.2, 0) is 11.3 Å². The highest BCUT2D eigenvalue weighted by atomic mass is 16.5. The van der Waals surface area contributed by atoms with E-state index in [0.717, 1.165) is 11.5 Å². The van der Waals surface area contributed by atoms with Gasteiger partial charge in [-0.05, 0) is 6.92 Å². The summed E-state index contributed by atoms with van der Waals surface area (Å²) in [4.78, 5) is 7.13. The Morgan fingerprint density at radius 1 is 1.82 bits per heavy atom. The van der Waals surface area contributed by atoms with Crippen molar-refractivity contribution in [1.29, 1.82) is 0 Å². The van der Waals surface area contributed by atoms with Crippen LogP contribution in [0.3, 0.4) is 0 Å². The number of ether oxygens (including phenoxy) is 1. The van der Waals surface area contributed by atoms with E-state index in [1.807, 2.05) is 6.92 Å². The van der Waals surface area contributed by atoms with Crippen molar-refractivity contribution >= 4 is 0 Å². The highest BCUT2D eigenvalue weighted by molar-refractivity contribution is 5.02. The monoisotopic (exact) mass is 155 g/mol. The maximum atomic E-state index is 5.59. The smallest absolute Gasteiger partial charge is 0.122 e. The second kappa shape index (κ2) is 3.50. The first-order chi connectivity index (χ1) is 5.24. The lowest BCUT2D eigenvalue weighted by molar-refractivity contribution is 0.181. The molecule has 4 nitrogen and oxygen atoms in total. The minimum atomic E-state index is -0.0411. The summed E-state index contributed by atoms with van der Waals surface area (Å²) < 4.78 is 4.91. The second-order valence-electron chi connectivity index (χ2n) is 2.52. The van der Waals surface area contributed by atoms with Gasteiger partial charge in [0.1, 0.15) is 5.82 Å². The van der Waals surface area contributed by atoms with Crippen LogP contribution in [0.4, 0.5) is 0 Å². The summed E-state index contributed by atoms with van der Waals surface area (Å²) in [6.45, 7) is 2.44. The minimum Gasteiger partial charge on any atom is -0.378 e. The largest absolute Gasteiger partial charge is 0.378 e. The number of nitrogens with two attached hydrogens (primary N) is 1. The van der Waals surface area contributed by atoms with Gasteiger partial charge in [0.05, 0.1) is 24.5 Å². The molecular weight excluding hydrogens is 142 g/mol. The maximum Gasteiger partial charge on any atom is 0.122 e.